The summed E-state index contributed by atoms with van der Waals surface area (Å²) in [4.78, 5) is 18.0. The Kier molecular flexibility index (Phi) is 5.92. The normalized spacial score (nSPS) is 19.8. The van der Waals surface area contributed by atoms with Crippen molar-refractivity contribution in [1.82, 2.24) is 14.5 Å². The molecule has 2 N–H and O–H groups in total. The van der Waals surface area contributed by atoms with E-state index < -0.39 is 11.6 Å². The maximum Gasteiger partial charge on any atom is 0.260 e. The van der Waals surface area contributed by atoms with Gasteiger partial charge in [0, 0.05) is 18.7 Å². The molecule has 0 saturated heterocycles. The van der Waals surface area contributed by atoms with E-state index in [9.17, 15) is 9.90 Å². The van der Waals surface area contributed by atoms with Gasteiger partial charge in [-0.3, -0.25) is 19.2 Å². The molecule has 1 aromatic heterocycles. The van der Waals surface area contributed by atoms with Crippen molar-refractivity contribution in [2.45, 2.75) is 51.1 Å². The zero-order chi connectivity index (χ0) is 23.1. The molecular formula is C24H29N3O5S. The first-order valence-corrected chi connectivity index (χ1v) is 11.8. The van der Waals surface area contributed by atoms with E-state index in [0.717, 1.165) is 36.8 Å². The first kappa shape index (κ1) is 22.0. The van der Waals surface area contributed by atoms with Gasteiger partial charge in [-0.2, -0.15) is 0 Å². The van der Waals surface area contributed by atoms with Gasteiger partial charge in [0.25, 0.3) is 5.56 Å². The molecule has 0 amide bonds. The van der Waals surface area contributed by atoms with Gasteiger partial charge in [-0.05, 0) is 69.4 Å². The lowest BCUT2D eigenvalue weighted by atomic mass is 9.87. The second-order valence-corrected chi connectivity index (χ2v) is 9.24. The number of nitrogens with one attached hydrogen (secondary N) is 1. The third kappa shape index (κ3) is 3.83. The summed E-state index contributed by atoms with van der Waals surface area (Å²) in [6.07, 6.45) is 8.45. The Bertz CT molecular complexity index is 1230. The van der Waals surface area contributed by atoms with Crippen LogP contribution in [0.25, 0.3) is 0 Å². The number of H-pyrrole nitrogens is 1. The highest BCUT2D eigenvalue weighted by Gasteiger charge is 2.38. The van der Waals surface area contributed by atoms with Crippen LogP contribution in [-0.4, -0.2) is 47.1 Å². The Balaban J connectivity index is 1.62. The summed E-state index contributed by atoms with van der Waals surface area (Å²) in [6, 6.07) is 1.44. The molecular weight excluding hydrogens is 442 g/mol. The fraction of sp³-hybridized carbons (Fsp3) is 0.500. The maximum absolute atomic E-state index is 13.2. The minimum atomic E-state index is -0.516. The van der Waals surface area contributed by atoms with E-state index in [-0.39, 0.29) is 23.0 Å². The Hall–Kier alpha value is -2.78. The number of ether oxygens (including phenoxy) is 3. The molecule has 33 heavy (non-hydrogen) atoms. The third-order valence-corrected chi connectivity index (χ3v) is 7.24. The molecule has 2 aliphatic heterocycles. The van der Waals surface area contributed by atoms with E-state index in [1.54, 1.807) is 11.7 Å². The molecule has 1 aromatic carbocycles. The number of methoxy groups -OCH3 is 1. The average Bonchev–Trinajstić information content (AvgIpc) is 3.27. The van der Waals surface area contributed by atoms with Crippen LogP contribution in [0.15, 0.2) is 22.5 Å². The van der Waals surface area contributed by atoms with Gasteiger partial charge in [0.1, 0.15) is 0 Å². The monoisotopic (exact) mass is 471 g/mol. The summed E-state index contributed by atoms with van der Waals surface area (Å²) in [5.41, 5.74) is 3.08. The molecule has 0 spiro atoms. The molecule has 1 unspecified atom stereocenters. The molecule has 9 heteroatoms. The van der Waals surface area contributed by atoms with Crippen molar-refractivity contribution in [2.24, 2.45) is 0 Å². The number of aromatic amines is 1. The van der Waals surface area contributed by atoms with Crippen LogP contribution in [0.5, 0.6) is 23.1 Å². The number of fused-ring (bicyclic) bond motifs is 2. The molecule has 176 valence electrons. The van der Waals surface area contributed by atoms with Crippen LogP contribution in [0.1, 0.15) is 54.8 Å². The minimum absolute atomic E-state index is 0.0930. The predicted molar refractivity (Wildman–Crippen MR) is 126 cm³/mol. The Morgan fingerprint density at radius 3 is 2.88 bits per heavy atom. The maximum atomic E-state index is 13.2. The summed E-state index contributed by atoms with van der Waals surface area (Å²) in [7, 11) is 3.52. The van der Waals surface area contributed by atoms with E-state index in [1.807, 2.05) is 18.0 Å². The third-order valence-electron chi connectivity index (χ3n) is 6.92. The van der Waals surface area contributed by atoms with E-state index in [0.29, 0.717) is 30.3 Å². The lowest BCUT2D eigenvalue weighted by Crippen LogP contribution is -2.37. The van der Waals surface area contributed by atoms with E-state index in [4.69, 9.17) is 26.4 Å². The summed E-state index contributed by atoms with van der Waals surface area (Å²) < 4.78 is 18.9. The highest BCUT2D eigenvalue weighted by atomic mass is 32.1. The lowest BCUT2D eigenvalue weighted by molar-refractivity contribution is 0.170. The van der Waals surface area contributed by atoms with Crippen molar-refractivity contribution in [3.05, 3.63) is 49.5 Å². The summed E-state index contributed by atoms with van der Waals surface area (Å²) in [6.45, 7) is 1.35. The second-order valence-electron chi connectivity index (χ2n) is 8.86. The highest BCUT2D eigenvalue weighted by molar-refractivity contribution is 7.71. The first-order chi connectivity index (χ1) is 16.0. The topological polar surface area (TPSA) is 89.0 Å². The average molecular weight is 472 g/mol. The van der Waals surface area contributed by atoms with Crippen LogP contribution in [0.2, 0.25) is 0 Å². The second kappa shape index (κ2) is 8.87. The molecule has 8 nitrogen and oxygen atoms in total. The van der Waals surface area contributed by atoms with Gasteiger partial charge < -0.3 is 19.3 Å². The van der Waals surface area contributed by atoms with E-state index in [2.05, 4.69) is 11.1 Å². The zero-order valence-electron chi connectivity index (χ0n) is 19.0. The van der Waals surface area contributed by atoms with Crippen LogP contribution in [-0.2, 0) is 13.0 Å². The van der Waals surface area contributed by atoms with Crippen LogP contribution in [0, 0.1) is 4.77 Å². The van der Waals surface area contributed by atoms with Gasteiger partial charge in [0.15, 0.2) is 16.3 Å². The molecule has 2 aromatic rings. The van der Waals surface area contributed by atoms with Gasteiger partial charge in [0.2, 0.25) is 18.4 Å². The minimum Gasteiger partial charge on any atom is -0.494 e. The van der Waals surface area contributed by atoms with Crippen LogP contribution < -0.4 is 19.8 Å². The molecule has 1 atom stereocenters. The summed E-state index contributed by atoms with van der Waals surface area (Å²) in [5.74, 6) is 1.62. The Morgan fingerprint density at radius 1 is 1.27 bits per heavy atom. The van der Waals surface area contributed by atoms with Crippen molar-refractivity contribution in [3.8, 4) is 23.1 Å². The number of rotatable bonds is 5. The quantitative estimate of drug-likeness (QED) is 0.506. The van der Waals surface area contributed by atoms with E-state index in [1.165, 1.54) is 18.4 Å². The number of benzene rings is 1. The smallest absolute Gasteiger partial charge is 0.260 e. The van der Waals surface area contributed by atoms with Crippen molar-refractivity contribution >= 4 is 12.2 Å². The van der Waals surface area contributed by atoms with Crippen molar-refractivity contribution in [1.29, 1.82) is 0 Å². The van der Waals surface area contributed by atoms with Crippen molar-refractivity contribution in [2.75, 3.05) is 27.5 Å². The van der Waals surface area contributed by atoms with Gasteiger partial charge in [-0.1, -0.05) is 11.6 Å². The summed E-state index contributed by atoms with van der Waals surface area (Å²) >= 11 is 5.43. The predicted octanol–water partition coefficient (Wildman–Crippen LogP) is 3.82. The molecule has 3 heterocycles. The number of aromatic hydroxyl groups is 1. The molecule has 1 aliphatic carbocycles. The molecule has 0 radical (unpaired) electrons. The number of likely N-dealkylation sites (N-methyl/N-ethyl adjacent to an activating group) is 1. The number of nitrogens with zero attached hydrogens (tertiary/aromatic N) is 2. The van der Waals surface area contributed by atoms with Crippen molar-refractivity contribution in [3.63, 3.8) is 0 Å². The van der Waals surface area contributed by atoms with Gasteiger partial charge in [0.05, 0.1) is 18.7 Å². The first-order valence-electron chi connectivity index (χ1n) is 11.4. The molecule has 0 saturated carbocycles. The highest BCUT2D eigenvalue weighted by Crippen LogP contribution is 2.51. The van der Waals surface area contributed by atoms with Crippen LogP contribution in [0.4, 0.5) is 0 Å². The van der Waals surface area contributed by atoms with Gasteiger partial charge >= 0.3 is 0 Å². The van der Waals surface area contributed by atoms with Gasteiger partial charge in [-0.15, -0.1) is 0 Å². The fourth-order valence-corrected chi connectivity index (χ4v) is 5.48. The lowest BCUT2D eigenvalue weighted by Gasteiger charge is -2.36. The zero-order valence-corrected chi connectivity index (χ0v) is 19.8. The van der Waals surface area contributed by atoms with E-state index >= 15 is 0 Å². The molecule has 0 fully saturated rings. The summed E-state index contributed by atoms with van der Waals surface area (Å²) in [5, 5.41) is 11.4. The SMILES string of the molecule is COc1c2c(cc3c1C(c1c(O)n(CCC4=CCCCC4)c(=S)[nH]c1=O)N(C)CC3)OCO2. The van der Waals surface area contributed by atoms with Gasteiger partial charge in [-0.25, -0.2) is 0 Å². The Morgan fingerprint density at radius 2 is 2.12 bits per heavy atom. The Labute approximate surface area is 197 Å². The molecule has 0 bridgehead atoms. The standard InChI is InChI=1S/C24H29N3O5S/c1-26-10-9-15-12-16-20(32-13-31-16)21(30-2)17(15)19(26)18-22(28)25-24(33)27(23(18)29)11-8-14-6-4-3-5-7-14/h6,12,19,29H,3-5,7-11,13H2,1-2H3,(H,25,28,33). The van der Waals surface area contributed by atoms with Crippen molar-refractivity contribution < 1.29 is 19.3 Å². The molecule has 5 rings (SSSR count). The van der Waals surface area contributed by atoms with Crippen LogP contribution in [0.3, 0.4) is 0 Å². The molecule has 3 aliphatic rings. The number of hydrogen-bond acceptors (Lipinski definition) is 7. The number of allylic oxidation sites excluding steroid dienone is 2. The fourth-order valence-electron chi connectivity index (χ4n) is 5.21. The number of hydrogen-bond donors (Lipinski definition) is 2. The number of aromatic nitrogens is 2. The van der Waals surface area contributed by atoms with Crippen LogP contribution >= 0.6 is 12.2 Å². The largest absolute Gasteiger partial charge is 0.494 e.